The number of carbonyl (C=O) groups excluding carboxylic acids is 1. The maximum atomic E-state index is 14.4. The summed E-state index contributed by atoms with van der Waals surface area (Å²) >= 11 is 5.89. The summed E-state index contributed by atoms with van der Waals surface area (Å²) in [5, 5.41) is 8.98. The van der Waals surface area contributed by atoms with E-state index in [-0.39, 0.29) is 17.2 Å². The summed E-state index contributed by atoms with van der Waals surface area (Å²) in [6.45, 7) is 0.435. The predicted octanol–water partition coefficient (Wildman–Crippen LogP) is 4.11. The number of pyridine rings is 1. The number of carbonyl (C=O) groups is 1. The number of nitrogens with zero attached hydrogens (tertiary/aromatic N) is 7. The molecule has 0 aromatic carbocycles. The zero-order chi connectivity index (χ0) is 22.5. The van der Waals surface area contributed by atoms with Crippen molar-refractivity contribution >= 4 is 28.5 Å². The minimum absolute atomic E-state index is 0.0303. The highest BCUT2D eigenvalue weighted by Crippen LogP contribution is 2.38. The summed E-state index contributed by atoms with van der Waals surface area (Å²) in [6.07, 6.45) is 11.2. The molecule has 5 aromatic rings. The van der Waals surface area contributed by atoms with Crippen molar-refractivity contribution in [1.29, 1.82) is 0 Å². The first-order chi connectivity index (χ1) is 16.0. The summed E-state index contributed by atoms with van der Waals surface area (Å²) in [7, 11) is 0. The normalized spacial score (nSPS) is 13.9. The summed E-state index contributed by atoms with van der Waals surface area (Å²) in [5.41, 5.74) is 4.00. The molecule has 0 amide bonds. The number of aryl methyl sites for hydroxylation is 1. The van der Waals surface area contributed by atoms with Crippen LogP contribution < -0.4 is 0 Å². The van der Waals surface area contributed by atoms with Gasteiger partial charge in [-0.3, -0.25) is 9.48 Å². The fourth-order valence-corrected chi connectivity index (χ4v) is 4.17. The molecule has 6 rings (SSSR count). The van der Waals surface area contributed by atoms with Crippen molar-refractivity contribution in [3.05, 3.63) is 82.8 Å². The third kappa shape index (κ3) is 3.78. The van der Waals surface area contributed by atoms with E-state index in [2.05, 4.69) is 20.2 Å². The topological polar surface area (TPSA) is 82.4 Å². The van der Waals surface area contributed by atoms with E-state index in [1.165, 1.54) is 25.2 Å². The Kier molecular flexibility index (Phi) is 4.72. The van der Waals surface area contributed by atoms with Crippen molar-refractivity contribution < 1.29 is 9.18 Å². The van der Waals surface area contributed by atoms with Gasteiger partial charge in [0, 0.05) is 24.7 Å². The van der Waals surface area contributed by atoms with E-state index in [1.54, 1.807) is 32.2 Å². The number of fused-ring (bicyclic) bond motifs is 2. The van der Waals surface area contributed by atoms with Gasteiger partial charge in [0.05, 0.1) is 52.9 Å². The summed E-state index contributed by atoms with van der Waals surface area (Å²) in [4.78, 5) is 21.5. The SMILES string of the molecule is O=C(CCc1ncn2ccc(Cl)c(F)c12)c1cnn(Cc2cn3nc(C4CC4)ccc3n2)c1. The first kappa shape index (κ1) is 20.0. The van der Waals surface area contributed by atoms with Crippen LogP contribution >= 0.6 is 11.6 Å². The summed E-state index contributed by atoms with van der Waals surface area (Å²) < 4.78 is 19.4. The Morgan fingerprint density at radius 2 is 2.09 bits per heavy atom. The third-order valence-electron chi connectivity index (χ3n) is 5.92. The van der Waals surface area contributed by atoms with Gasteiger partial charge in [-0.05, 0) is 37.5 Å². The minimum atomic E-state index is -0.530. The lowest BCUT2D eigenvalue weighted by Gasteiger charge is -2.01. The highest BCUT2D eigenvalue weighted by molar-refractivity contribution is 6.31. The van der Waals surface area contributed by atoms with Crippen LogP contribution in [0.2, 0.25) is 5.02 Å². The van der Waals surface area contributed by atoms with Gasteiger partial charge in [-0.1, -0.05) is 11.6 Å². The molecule has 0 atom stereocenters. The second kappa shape index (κ2) is 7.77. The van der Waals surface area contributed by atoms with Crippen LogP contribution in [0.3, 0.4) is 0 Å². The van der Waals surface area contributed by atoms with Gasteiger partial charge >= 0.3 is 0 Å². The van der Waals surface area contributed by atoms with Crippen molar-refractivity contribution in [2.75, 3.05) is 0 Å². The highest BCUT2D eigenvalue weighted by Gasteiger charge is 2.25. The van der Waals surface area contributed by atoms with Gasteiger partial charge in [0.15, 0.2) is 17.2 Å². The maximum Gasteiger partial charge on any atom is 0.167 e. The molecule has 33 heavy (non-hydrogen) atoms. The van der Waals surface area contributed by atoms with Gasteiger partial charge < -0.3 is 4.40 Å². The first-order valence-electron chi connectivity index (χ1n) is 10.8. The third-order valence-corrected chi connectivity index (χ3v) is 6.21. The van der Waals surface area contributed by atoms with Crippen LogP contribution in [0, 0.1) is 5.82 Å². The van der Waals surface area contributed by atoms with E-state index in [0.717, 1.165) is 17.0 Å². The average molecular weight is 464 g/mol. The van der Waals surface area contributed by atoms with Crippen molar-refractivity contribution in [3.8, 4) is 0 Å². The van der Waals surface area contributed by atoms with Crippen molar-refractivity contribution in [2.45, 2.75) is 38.1 Å². The van der Waals surface area contributed by atoms with E-state index < -0.39 is 5.82 Å². The van der Waals surface area contributed by atoms with Gasteiger partial charge in [-0.2, -0.15) is 10.2 Å². The molecule has 0 N–H and O–H groups in total. The molecule has 5 aromatic heterocycles. The number of Topliss-reactive ketones (excluding diaryl/α,β-unsaturated/α-hetero) is 1. The molecule has 1 aliphatic carbocycles. The molecule has 0 radical (unpaired) electrons. The van der Waals surface area contributed by atoms with Crippen LogP contribution in [-0.2, 0) is 13.0 Å². The maximum absolute atomic E-state index is 14.4. The van der Waals surface area contributed by atoms with Crippen molar-refractivity contribution in [2.24, 2.45) is 0 Å². The number of rotatable bonds is 7. The van der Waals surface area contributed by atoms with Crippen LogP contribution in [0.5, 0.6) is 0 Å². The number of hydrogen-bond donors (Lipinski definition) is 0. The number of imidazole rings is 2. The quantitative estimate of drug-likeness (QED) is 0.339. The molecule has 166 valence electrons. The minimum Gasteiger partial charge on any atom is -0.303 e. The van der Waals surface area contributed by atoms with Gasteiger partial charge in [0.1, 0.15) is 5.52 Å². The lowest BCUT2D eigenvalue weighted by atomic mass is 10.1. The highest BCUT2D eigenvalue weighted by atomic mass is 35.5. The smallest absolute Gasteiger partial charge is 0.167 e. The largest absolute Gasteiger partial charge is 0.303 e. The predicted molar refractivity (Wildman–Crippen MR) is 119 cm³/mol. The van der Waals surface area contributed by atoms with Crippen LogP contribution in [0.4, 0.5) is 4.39 Å². The Morgan fingerprint density at radius 1 is 1.21 bits per heavy atom. The zero-order valence-corrected chi connectivity index (χ0v) is 18.3. The molecular weight excluding hydrogens is 445 g/mol. The Bertz CT molecular complexity index is 1510. The van der Waals surface area contributed by atoms with Crippen molar-refractivity contribution in [1.82, 2.24) is 33.8 Å². The summed E-state index contributed by atoms with van der Waals surface area (Å²) in [6, 6.07) is 5.50. The van der Waals surface area contributed by atoms with E-state index in [0.29, 0.717) is 35.7 Å². The second-order valence-electron chi connectivity index (χ2n) is 8.34. The standard InChI is InChI=1S/C23H19ClFN7O/c24-17-7-8-30-13-26-19(23(30)22(17)25)3-5-20(33)15-9-27-31(10-15)11-16-12-32-21(28-16)6-4-18(29-32)14-1-2-14/h4,6-10,12-14H,1-3,5,11H2. The number of ketones is 1. The molecule has 5 heterocycles. The fourth-order valence-electron chi connectivity index (χ4n) is 4.02. The van der Waals surface area contributed by atoms with Crippen LogP contribution in [0.15, 0.2) is 49.3 Å². The van der Waals surface area contributed by atoms with Gasteiger partial charge in [0.25, 0.3) is 0 Å². The molecule has 0 spiro atoms. The molecule has 0 aliphatic heterocycles. The summed E-state index contributed by atoms with van der Waals surface area (Å²) in [5.74, 6) is -0.0395. The fraction of sp³-hybridized carbons (Fsp3) is 0.261. The Balaban J connectivity index is 1.14. The molecule has 0 saturated heterocycles. The monoisotopic (exact) mass is 463 g/mol. The molecule has 10 heteroatoms. The molecule has 1 fully saturated rings. The zero-order valence-electron chi connectivity index (χ0n) is 17.5. The van der Waals surface area contributed by atoms with Crippen LogP contribution in [-0.4, -0.2) is 39.5 Å². The van der Waals surface area contributed by atoms with E-state index >= 15 is 0 Å². The Hall–Kier alpha value is -3.59. The number of aromatic nitrogens is 7. The molecule has 1 aliphatic rings. The lowest BCUT2D eigenvalue weighted by Crippen LogP contribution is -2.03. The molecule has 0 unspecified atom stereocenters. The van der Waals surface area contributed by atoms with Gasteiger partial charge in [-0.15, -0.1) is 0 Å². The number of halogens is 2. The van der Waals surface area contributed by atoms with Crippen molar-refractivity contribution in [3.63, 3.8) is 0 Å². The Morgan fingerprint density at radius 3 is 2.94 bits per heavy atom. The Labute approximate surface area is 192 Å². The second-order valence-corrected chi connectivity index (χ2v) is 8.75. The molecular formula is C23H19ClFN7O. The number of hydrogen-bond acceptors (Lipinski definition) is 5. The lowest BCUT2D eigenvalue weighted by molar-refractivity contribution is 0.0982. The van der Waals surface area contributed by atoms with Gasteiger partial charge in [0.2, 0.25) is 0 Å². The van der Waals surface area contributed by atoms with Crippen LogP contribution in [0.1, 0.15) is 52.6 Å². The van der Waals surface area contributed by atoms with E-state index in [4.69, 9.17) is 11.6 Å². The first-order valence-corrected chi connectivity index (χ1v) is 11.1. The molecule has 8 nitrogen and oxygen atoms in total. The molecule has 0 bridgehead atoms. The molecule has 1 saturated carbocycles. The van der Waals surface area contributed by atoms with Gasteiger partial charge in [-0.25, -0.2) is 18.9 Å². The van der Waals surface area contributed by atoms with Crippen LogP contribution in [0.25, 0.3) is 11.2 Å². The van der Waals surface area contributed by atoms with E-state index in [9.17, 15) is 9.18 Å². The van der Waals surface area contributed by atoms with E-state index in [1.807, 2.05) is 18.3 Å². The average Bonchev–Trinajstić information content (AvgIpc) is 3.23.